The molecular weight excluding hydrogens is 454 g/mol. The molecule has 0 N–H and O–H groups in total. The second-order valence-electron chi connectivity index (χ2n) is 8.35. The van der Waals surface area contributed by atoms with Gasteiger partial charge in [0.15, 0.2) is 5.15 Å². The number of carbonyl (C=O) groups is 1. The van der Waals surface area contributed by atoms with Crippen LogP contribution in [0.3, 0.4) is 0 Å². The van der Waals surface area contributed by atoms with Gasteiger partial charge in [-0.3, -0.25) is 4.90 Å². The molecule has 1 atom stereocenters. The Labute approximate surface area is 188 Å². The number of imidazole rings is 1. The van der Waals surface area contributed by atoms with Crippen LogP contribution in [0.15, 0.2) is 18.2 Å². The zero-order chi connectivity index (χ0) is 23.8. The smallest absolute Gasteiger partial charge is 0.419 e. The molecule has 1 aliphatic rings. The fourth-order valence-electron chi connectivity index (χ4n) is 3.52. The Morgan fingerprint density at radius 3 is 2.53 bits per heavy atom. The molecular formula is C21H24ClF4N3O3. The minimum Gasteiger partial charge on any atom is -0.491 e. The molecule has 0 saturated heterocycles. The molecule has 2 aromatic rings. The summed E-state index contributed by atoms with van der Waals surface area (Å²) in [4.78, 5) is 18.6. The van der Waals surface area contributed by atoms with Crippen LogP contribution < -0.4 is 4.74 Å². The number of aromatic nitrogens is 2. The molecule has 0 fully saturated rings. The molecule has 176 valence electrons. The third kappa shape index (κ3) is 5.11. The largest absolute Gasteiger partial charge is 0.491 e. The van der Waals surface area contributed by atoms with Crippen molar-refractivity contribution in [3.8, 4) is 5.75 Å². The Kier molecular flexibility index (Phi) is 6.65. The lowest BCUT2D eigenvalue weighted by Crippen LogP contribution is -2.46. The van der Waals surface area contributed by atoms with Gasteiger partial charge in [0.1, 0.15) is 35.6 Å². The fraction of sp³-hybridized carbons (Fsp3) is 0.524. The zero-order valence-electron chi connectivity index (χ0n) is 18.1. The van der Waals surface area contributed by atoms with Crippen LogP contribution in [-0.2, 0) is 23.9 Å². The van der Waals surface area contributed by atoms with Crippen molar-refractivity contribution in [3.63, 3.8) is 0 Å². The van der Waals surface area contributed by atoms with E-state index in [2.05, 4.69) is 4.98 Å². The van der Waals surface area contributed by atoms with Crippen molar-refractivity contribution < 1.29 is 31.8 Å². The number of nitrogens with zero attached hydrogens (tertiary/aromatic N) is 3. The Bertz CT molecular complexity index is 1000. The lowest BCUT2D eigenvalue weighted by Gasteiger charge is -2.37. The molecule has 1 aromatic heterocycles. The van der Waals surface area contributed by atoms with E-state index in [-0.39, 0.29) is 24.1 Å². The zero-order valence-corrected chi connectivity index (χ0v) is 18.8. The lowest BCUT2D eigenvalue weighted by atomic mass is 10.1. The van der Waals surface area contributed by atoms with Crippen molar-refractivity contribution in [3.05, 3.63) is 46.3 Å². The van der Waals surface area contributed by atoms with E-state index in [1.54, 1.807) is 20.8 Å². The van der Waals surface area contributed by atoms with Crippen LogP contribution >= 0.6 is 11.6 Å². The monoisotopic (exact) mass is 477 g/mol. The highest BCUT2D eigenvalue weighted by molar-refractivity contribution is 6.30. The van der Waals surface area contributed by atoms with E-state index in [1.165, 1.54) is 4.90 Å². The first kappa shape index (κ1) is 24.2. The van der Waals surface area contributed by atoms with E-state index in [0.29, 0.717) is 30.8 Å². The van der Waals surface area contributed by atoms with E-state index >= 15 is 0 Å². The van der Waals surface area contributed by atoms with E-state index in [4.69, 9.17) is 21.1 Å². The van der Waals surface area contributed by atoms with E-state index in [9.17, 15) is 22.4 Å². The van der Waals surface area contributed by atoms with Crippen molar-refractivity contribution in [1.82, 2.24) is 14.5 Å². The first-order chi connectivity index (χ1) is 14.8. The molecule has 3 rings (SSSR count). The summed E-state index contributed by atoms with van der Waals surface area (Å²) in [6.45, 7) is 7.57. The number of hydrogen-bond acceptors (Lipinski definition) is 4. The summed E-state index contributed by atoms with van der Waals surface area (Å²) in [6, 6.07) is 1.61. The van der Waals surface area contributed by atoms with Crippen LogP contribution in [0.25, 0.3) is 0 Å². The van der Waals surface area contributed by atoms with Gasteiger partial charge in [-0.1, -0.05) is 18.5 Å². The SMILES string of the molecule is CCc1nc(Cl)c2n1CCN(C(=O)OC(C)(C)C)C2COc1ccc(F)c(C(F)(F)F)c1. The van der Waals surface area contributed by atoms with Gasteiger partial charge in [0, 0.05) is 19.5 Å². The highest BCUT2D eigenvalue weighted by Crippen LogP contribution is 2.36. The Balaban J connectivity index is 1.93. The van der Waals surface area contributed by atoms with Gasteiger partial charge >= 0.3 is 12.3 Å². The van der Waals surface area contributed by atoms with Gasteiger partial charge in [0.2, 0.25) is 0 Å². The third-order valence-corrected chi connectivity index (χ3v) is 5.17. The molecule has 0 radical (unpaired) electrons. The second kappa shape index (κ2) is 8.80. The first-order valence-corrected chi connectivity index (χ1v) is 10.4. The number of fused-ring (bicyclic) bond motifs is 1. The molecule has 1 aliphatic heterocycles. The van der Waals surface area contributed by atoms with Gasteiger partial charge in [-0.2, -0.15) is 13.2 Å². The number of alkyl halides is 3. The maximum Gasteiger partial charge on any atom is 0.419 e. The average molecular weight is 478 g/mol. The number of benzene rings is 1. The summed E-state index contributed by atoms with van der Waals surface area (Å²) in [7, 11) is 0. The molecule has 1 amide bonds. The van der Waals surface area contributed by atoms with E-state index in [0.717, 1.165) is 11.9 Å². The minimum atomic E-state index is -4.87. The minimum absolute atomic E-state index is 0.179. The molecule has 0 saturated carbocycles. The number of amides is 1. The Hall–Kier alpha value is -2.49. The quantitative estimate of drug-likeness (QED) is 0.536. The topological polar surface area (TPSA) is 56.6 Å². The normalized spacial score (nSPS) is 16.7. The number of rotatable bonds is 4. The van der Waals surface area contributed by atoms with Crippen LogP contribution in [0, 0.1) is 5.82 Å². The summed E-state index contributed by atoms with van der Waals surface area (Å²) < 4.78 is 65.7. The molecule has 6 nitrogen and oxygen atoms in total. The fourth-order valence-corrected chi connectivity index (χ4v) is 3.85. The number of ether oxygens (including phenoxy) is 2. The predicted octanol–water partition coefficient (Wildman–Crippen LogP) is 5.63. The summed E-state index contributed by atoms with van der Waals surface area (Å²) in [5, 5.41) is 0.179. The molecule has 1 aromatic carbocycles. The molecule has 32 heavy (non-hydrogen) atoms. The summed E-state index contributed by atoms with van der Waals surface area (Å²) in [5.74, 6) is -0.863. The third-order valence-electron chi connectivity index (χ3n) is 4.89. The number of hydrogen-bond donors (Lipinski definition) is 0. The highest BCUT2D eigenvalue weighted by Gasteiger charge is 2.38. The molecule has 2 heterocycles. The second-order valence-corrected chi connectivity index (χ2v) is 8.71. The van der Waals surface area contributed by atoms with Crippen LogP contribution in [0.1, 0.15) is 50.8 Å². The van der Waals surface area contributed by atoms with Gasteiger partial charge in [-0.25, -0.2) is 14.2 Å². The molecule has 0 spiro atoms. The van der Waals surface area contributed by atoms with Crippen molar-refractivity contribution >= 4 is 17.7 Å². The maximum atomic E-state index is 13.6. The first-order valence-electron chi connectivity index (χ1n) is 10.1. The molecule has 0 aliphatic carbocycles. The van der Waals surface area contributed by atoms with Gasteiger partial charge < -0.3 is 14.0 Å². The lowest BCUT2D eigenvalue weighted by molar-refractivity contribution is -0.140. The number of aryl methyl sites for hydroxylation is 1. The van der Waals surface area contributed by atoms with Gasteiger partial charge in [0.05, 0.1) is 11.3 Å². The summed E-state index contributed by atoms with van der Waals surface area (Å²) >= 11 is 6.36. The number of carbonyl (C=O) groups excluding carboxylic acids is 1. The van der Waals surface area contributed by atoms with E-state index < -0.39 is 35.3 Å². The molecule has 11 heteroatoms. The van der Waals surface area contributed by atoms with Gasteiger partial charge in [0.25, 0.3) is 0 Å². The molecule has 0 bridgehead atoms. The van der Waals surface area contributed by atoms with E-state index in [1.807, 2.05) is 11.5 Å². The van der Waals surface area contributed by atoms with Crippen LogP contribution in [0.5, 0.6) is 5.75 Å². The van der Waals surface area contributed by atoms with Crippen molar-refractivity contribution in [2.75, 3.05) is 13.2 Å². The molecule has 1 unspecified atom stereocenters. The Morgan fingerprint density at radius 2 is 1.94 bits per heavy atom. The highest BCUT2D eigenvalue weighted by atomic mass is 35.5. The standard InChI is InChI=1S/C21H24ClF4N3O3/c1-5-16-27-18(22)17-15(28(8-9-29(16)17)19(30)32-20(2,3)4)11-31-12-6-7-14(23)13(10-12)21(24,25)26/h6-7,10,15H,5,8-9,11H2,1-4H3. The van der Waals surface area contributed by atoms with Crippen LogP contribution in [0.2, 0.25) is 5.15 Å². The maximum absolute atomic E-state index is 13.6. The number of halogens is 5. The van der Waals surface area contributed by atoms with Crippen molar-refractivity contribution in [2.24, 2.45) is 0 Å². The predicted molar refractivity (Wildman–Crippen MR) is 109 cm³/mol. The van der Waals surface area contributed by atoms with Crippen molar-refractivity contribution in [2.45, 2.75) is 58.5 Å². The van der Waals surface area contributed by atoms with Crippen LogP contribution in [0.4, 0.5) is 22.4 Å². The Morgan fingerprint density at radius 1 is 1.25 bits per heavy atom. The van der Waals surface area contributed by atoms with Crippen molar-refractivity contribution in [1.29, 1.82) is 0 Å². The average Bonchev–Trinajstić information content (AvgIpc) is 3.01. The summed E-state index contributed by atoms with van der Waals surface area (Å²) in [6.07, 6.45) is -4.87. The van der Waals surface area contributed by atoms with Crippen LogP contribution in [-0.4, -0.2) is 39.3 Å². The van der Waals surface area contributed by atoms with Gasteiger partial charge in [-0.15, -0.1) is 0 Å². The summed E-state index contributed by atoms with van der Waals surface area (Å²) in [5.41, 5.74) is -1.67. The van der Waals surface area contributed by atoms with Gasteiger partial charge in [-0.05, 0) is 39.0 Å².